The fraction of sp³-hybridized carbons (Fsp3) is 0.517. The first-order valence-corrected chi connectivity index (χ1v) is 15.5. The molecule has 0 saturated heterocycles. The number of thiophene rings is 1. The van der Waals surface area contributed by atoms with Gasteiger partial charge >= 0.3 is 16.5 Å². The van der Waals surface area contributed by atoms with E-state index in [4.69, 9.17) is 4.74 Å². The number of nitrogens with one attached hydrogen (secondary N) is 3. The molecule has 0 unspecified atom stereocenters. The van der Waals surface area contributed by atoms with Crippen molar-refractivity contribution in [1.29, 1.82) is 0 Å². The number of aliphatic imine (C=N–C) groups is 1. The van der Waals surface area contributed by atoms with Gasteiger partial charge in [-0.25, -0.2) is 4.79 Å². The Kier molecular flexibility index (Phi) is 13.3. The largest absolute Gasteiger partial charge is 0.458 e. The Morgan fingerprint density at radius 3 is 2.31 bits per heavy atom. The summed E-state index contributed by atoms with van der Waals surface area (Å²) in [6.07, 6.45) is 1.61. The molecule has 230 valence electrons. The number of guanidine groups is 1. The lowest BCUT2D eigenvalue weighted by molar-refractivity contribution is -0.156. The number of carbonyl (C=O) groups is 3. The molecule has 0 radical (unpaired) electrons. The van der Waals surface area contributed by atoms with Gasteiger partial charge in [-0.3, -0.25) is 19.9 Å². The molecular formula is C29H41N5O6S2. The molecule has 0 aliphatic carbocycles. The average molecular weight is 620 g/mol. The predicted octanol–water partition coefficient (Wildman–Crippen LogP) is 3.63. The molecule has 2 amide bonds. The van der Waals surface area contributed by atoms with Gasteiger partial charge in [0.15, 0.2) is 12.0 Å². The molecule has 0 saturated carbocycles. The zero-order chi connectivity index (χ0) is 31.3. The standard InChI is InChI=1S/C19H27N5O6S2.C10H14/c1-19(2,3)30-17(27)13(24-32(28)29)11-22-16(26)14-7-5-12(31-14)6-8-15(25)23-18-20-9-4-10-21-18;1-10(2,3)9-7-5-4-6-8-9/h5,7,13H,4,6,8-11H2,1-3H3,(H,22,26)(H2,20,21,23,25);4-8H,1-3H3/t13-;/m0./s1. The van der Waals surface area contributed by atoms with Crippen LogP contribution in [0.15, 0.2) is 51.8 Å². The number of esters is 1. The summed E-state index contributed by atoms with van der Waals surface area (Å²) in [5.41, 5.74) is 0.866. The Morgan fingerprint density at radius 2 is 1.76 bits per heavy atom. The highest BCUT2D eigenvalue weighted by atomic mass is 32.2. The van der Waals surface area contributed by atoms with Gasteiger partial charge in [-0.05, 0) is 56.7 Å². The van der Waals surface area contributed by atoms with Gasteiger partial charge in [-0.15, -0.1) is 11.3 Å². The second-order valence-electron chi connectivity index (χ2n) is 11.5. The van der Waals surface area contributed by atoms with E-state index in [1.54, 1.807) is 32.9 Å². The summed E-state index contributed by atoms with van der Waals surface area (Å²) >= 11 is 1.21. The summed E-state index contributed by atoms with van der Waals surface area (Å²) in [4.78, 5) is 42.0. The molecular weight excluding hydrogens is 578 g/mol. The van der Waals surface area contributed by atoms with E-state index < -0.39 is 34.0 Å². The number of nitrogens with zero attached hydrogens (tertiary/aromatic N) is 2. The van der Waals surface area contributed by atoms with Crippen molar-refractivity contribution in [3.63, 3.8) is 0 Å². The Hall–Kier alpha value is -3.58. The molecule has 0 fully saturated rings. The van der Waals surface area contributed by atoms with Crippen LogP contribution in [0.4, 0.5) is 0 Å². The van der Waals surface area contributed by atoms with Crippen molar-refractivity contribution in [3.05, 3.63) is 57.8 Å². The minimum Gasteiger partial charge on any atom is -0.458 e. The van der Waals surface area contributed by atoms with Crippen molar-refractivity contribution in [2.75, 3.05) is 19.6 Å². The van der Waals surface area contributed by atoms with Crippen LogP contribution in [0, 0.1) is 0 Å². The third kappa shape index (κ3) is 13.4. The second kappa shape index (κ2) is 16.2. The van der Waals surface area contributed by atoms with Crippen molar-refractivity contribution in [2.24, 2.45) is 9.36 Å². The Bertz CT molecular complexity index is 1370. The van der Waals surface area contributed by atoms with Crippen molar-refractivity contribution < 1.29 is 27.5 Å². The maximum atomic E-state index is 12.4. The molecule has 13 heteroatoms. The van der Waals surface area contributed by atoms with Gasteiger partial charge in [-0.1, -0.05) is 51.1 Å². The molecule has 2 heterocycles. The molecule has 0 bridgehead atoms. The normalized spacial score (nSPS) is 13.7. The van der Waals surface area contributed by atoms with Crippen LogP contribution in [-0.2, 0) is 36.7 Å². The third-order valence-electron chi connectivity index (χ3n) is 5.63. The first kappa shape index (κ1) is 34.6. The number of hydrogen-bond acceptors (Lipinski definition) is 10. The number of aryl methyl sites for hydroxylation is 1. The van der Waals surface area contributed by atoms with E-state index in [0.29, 0.717) is 29.2 Å². The molecule has 3 rings (SSSR count). The van der Waals surface area contributed by atoms with Gasteiger partial charge in [0.1, 0.15) is 5.60 Å². The topological polar surface area (TPSA) is 155 Å². The van der Waals surface area contributed by atoms with Crippen molar-refractivity contribution in [1.82, 2.24) is 16.0 Å². The lowest BCUT2D eigenvalue weighted by Gasteiger charge is -2.21. The first-order valence-electron chi connectivity index (χ1n) is 13.7. The van der Waals surface area contributed by atoms with E-state index in [1.807, 2.05) is 0 Å². The van der Waals surface area contributed by atoms with Gasteiger partial charge in [-0.2, -0.15) is 12.8 Å². The maximum Gasteiger partial charge on any atom is 0.334 e. The van der Waals surface area contributed by atoms with Gasteiger partial charge in [0, 0.05) is 24.4 Å². The number of ether oxygens (including phenoxy) is 1. The highest BCUT2D eigenvalue weighted by molar-refractivity contribution is 7.61. The van der Waals surface area contributed by atoms with E-state index >= 15 is 0 Å². The lowest BCUT2D eigenvalue weighted by Crippen LogP contribution is -2.43. The smallest absolute Gasteiger partial charge is 0.334 e. The molecule has 1 aromatic carbocycles. The zero-order valence-electron chi connectivity index (χ0n) is 25.0. The third-order valence-corrected chi connectivity index (χ3v) is 7.20. The van der Waals surface area contributed by atoms with E-state index in [2.05, 4.69) is 76.4 Å². The SMILES string of the molecule is CC(C)(C)OC(=O)[C@H](CNC(=O)c1ccc(CCC(=O)NC2=NCCCN2)s1)N=S(=O)=O.CC(C)(C)c1ccccc1. The highest BCUT2D eigenvalue weighted by Gasteiger charge is 2.26. The van der Waals surface area contributed by atoms with Gasteiger partial charge in [0.25, 0.3) is 5.91 Å². The van der Waals surface area contributed by atoms with Crippen LogP contribution >= 0.6 is 11.3 Å². The van der Waals surface area contributed by atoms with Crippen molar-refractivity contribution in [2.45, 2.75) is 77.9 Å². The second-order valence-corrected chi connectivity index (χ2v) is 13.3. The number of hydrogen-bond donors (Lipinski definition) is 3. The molecule has 1 aliphatic heterocycles. The summed E-state index contributed by atoms with van der Waals surface area (Å²) in [7, 11) is -2.84. The highest BCUT2D eigenvalue weighted by Crippen LogP contribution is 2.21. The minimum atomic E-state index is -2.84. The monoisotopic (exact) mass is 619 g/mol. The van der Waals surface area contributed by atoms with Crippen LogP contribution in [-0.4, -0.2) is 63.4 Å². The van der Waals surface area contributed by atoms with E-state index in [1.165, 1.54) is 16.9 Å². The van der Waals surface area contributed by atoms with Crippen molar-refractivity contribution >= 4 is 45.6 Å². The van der Waals surface area contributed by atoms with Gasteiger partial charge < -0.3 is 15.4 Å². The van der Waals surface area contributed by atoms with Crippen LogP contribution in [0.1, 0.15) is 74.5 Å². The molecule has 1 aliphatic rings. The fourth-order valence-electron chi connectivity index (χ4n) is 3.53. The Labute approximate surface area is 253 Å². The lowest BCUT2D eigenvalue weighted by atomic mass is 9.87. The zero-order valence-corrected chi connectivity index (χ0v) is 26.7. The molecule has 1 atom stereocenters. The molecule has 1 aromatic heterocycles. The van der Waals surface area contributed by atoms with Crippen LogP contribution in [0.3, 0.4) is 0 Å². The number of carbonyl (C=O) groups excluding carboxylic acids is 3. The number of amides is 2. The first-order chi connectivity index (χ1) is 19.6. The quantitative estimate of drug-likeness (QED) is 0.381. The van der Waals surface area contributed by atoms with E-state index in [-0.39, 0.29) is 18.9 Å². The van der Waals surface area contributed by atoms with Crippen LogP contribution < -0.4 is 16.0 Å². The number of rotatable bonds is 8. The van der Waals surface area contributed by atoms with Crippen molar-refractivity contribution in [3.8, 4) is 0 Å². The Morgan fingerprint density at radius 1 is 1.07 bits per heavy atom. The molecule has 42 heavy (non-hydrogen) atoms. The van der Waals surface area contributed by atoms with Crippen LogP contribution in [0.25, 0.3) is 0 Å². The molecule has 11 nitrogen and oxygen atoms in total. The molecule has 0 spiro atoms. The average Bonchev–Trinajstić information content (AvgIpc) is 3.39. The summed E-state index contributed by atoms with van der Waals surface area (Å²) in [5.74, 6) is -1.02. The summed E-state index contributed by atoms with van der Waals surface area (Å²) in [6.45, 7) is 12.7. The van der Waals surface area contributed by atoms with Gasteiger partial charge in [0.2, 0.25) is 5.91 Å². The molecule has 3 N–H and O–H groups in total. The van der Waals surface area contributed by atoms with Gasteiger partial charge in [0.05, 0.1) is 11.4 Å². The predicted molar refractivity (Wildman–Crippen MR) is 164 cm³/mol. The van der Waals surface area contributed by atoms with E-state index in [0.717, 1.165) is 17.8 Å². The number of benzene rings is 1. The van der Waals surface area contributed by atoms with Crippen LogP contribution in [0.5, 0.6) is 0 Å². The summed E-state index contributed by atoms with van der Waals surface area (Å²) in [5, 5.41) is 8.23. The summed E-state index contributed by atoms with van der Waals surface area (Å²) < 4.78 is 30.3. The minimum absolute atomic E-state index is 0.176. The van der Waals surface area contributed by atoms with Crippen LogP contribution in [0.2, 0.25) is 0 Å². The fourth-order valence-corrected chi connectivity index (χ4v) is 4.83. The van der Waals surface area contributed by atoms with E-state index in [9.17, 15) is 22.8 Å². The summed E-state index contributed by atoms with van der Waals surface area (Å²) in [6, 6.07) is 12.5. The maximum absolute atomic E-state index is 12.4. The molecule has 2 aromatic rings. The Balaban J connectivity index is 0.000000518.